The molecule has 2 unspecified atom stereocenters. The standard InChI is InChI=1S/C18H17ClF4N4O/c1-10-24-15(19)8-16(25-10)27-7-6-13(11-2-4-12(20)5-3-11)14(9-27)26-17(28)18(21,22)23/h2-5,8,13-14H,6-7,9H2,1H3,(H,26,28). The first-order chi connectivity index (χ1) is 13.1. The lowest BCUT2D eigenvalue weighted by atomic mass is 9.85. The van der Waals surface area contributed by atoms with Crippen molar-refractivity contribution < 1.29 is 22.4 Å². The number of nitrogens with one attached hydrogen (secondary N) is 1. The van der Waals surface area contributed by atoms with E-state index in [4.69, 9.17) is 11.6 Å². The van der Waals surface area contributed by atoms with Crippen LogP contribution in [0.2, 0.25) is 5.15 Å². The van der Waals surface area contributed by atoms with E-state index in [2.05, 4.69) is 15.3 Å². The molecule has 1 aromatic carbocycles. The minimum Gasteiger partial charge on any atom is -0.354 e. The number of alkyl halides is 3. The summed E-state index contributed by atoms with van der Waals surface area (Å²) in [6.45, 7) is 2.23. The van der Waals surface area contributed by atoms with Crippen molar-refractivity contribution in [2.45, 2.75) is 31.5 Å². The first-order valence-electron chi connectivity index (χ1n) is 8.53. The van der Waals surface area contributed by atoms with Gasteiger partial charge in [0.05, 0.1) is 6.04 Å². The second-order valence-corrected chi connectivity index (χ2v) is 6.95. The number of benzene rings is 1. The summed E-state index contributed by atoms with van der Waals surface area (Å²) in [4.78, 5) is 21.6. The van der Waals surface area contributed by atoms with Gasteiger partial charge >= 0.3 is 12.1 Å². The molecule has 2 heterocycles. The van der Waals surface area contributed by atoms with Gasteiger partial charge in [0.1, 0.15) is 22.6 Å². The minimum atomic E-state index is -5.00. The zero-order valence-corrected chi connectivity index (χ0v) is 15.6. The lowest BCUT2D eigenvalue weighted by Crippen LogP contribution is -2.54. The zero-order valence-electron chi connectivity index (χ0n) is 14.8. The maximum Gasteiger partial charge on any atom is 0.471 e. The van der Waals surface area contributed by atoms with Crippen molar-refractivity contribution in [3.05, 3.63) is 52.7 Å². The summed E-state index contributed by atoms with van der Waals surface area (Å²) in [5.74, 6) is -1.95. The van der Waals surface area contributed by atoms with Crippen LogP contribution in [0.4, 0.5) is 23.4 Å². The van der Waals surface area contributed by atoms with Crippen LogP contribution in [-0.4, -0.2) is 41.2 Å². The van der Waals surface area contributed by atoms with E-state index in [1.807, 2.05) is 0 Å². The molecule has 2 atom stereocenters. The number of hydrogen-bond donors (Lipinski definition) is 1. The molecule has 1 amide bonds. The molecule has 5 nitrogen and oxygen atoms in total. The Labute approximate surface area is 163 Å². The van der Waals surface area contributed by atoms with Crippen molar-refractivity contribution in [1.82, 2.24) is 15.3 Å². The lowest BCUT2D eigenvalue weighted by molar-refractivity contribution is -0.174. The summed E-state index contributed by atoms with van der Waals surface area (Å²) in [6.07, 6.45) is -4.56. The van der Waals surface area contributed by atoms with Gasteiger partial charge < -0.3 is 10.2 Å². The molecule has 1 aromatic heterocycles. The summed E-state index contributed by atoms with van der Waals surface area (Å²) < 4.78 is 51.6. The van der Waals surface area contributed by atoms with Crippen molar-refractivity contribution in [1.29, 1.82) is 0 Å². The number of hydrogen-bond acceptors (Lipinski definition) is 4. The van der Waals surface area contributed by atoms with Crippen molar-refractivity contribution in [3.63, 3.8) is 0 Å². The predicted octanol–water partition coefficient (Wildman–Crippen LogP) is 3.62. The molecule has 3 rings (SSSR count). The Morgan fingerprint density at radius 3 is 2.54 bits per heavy atom. The Morgan fingerprint density at radius 1 is 1.25 bits per heavy atom. The molecule has 10 heteroatoms. The topological polar surface area (TPSA) is 58.1 Å². The van der Waals surface area contributed by atoms with Crippen LogP contribution in [0.25, 0.3) is 0 Å². The van der Waals surface area contributed by atoms with Gasteiger partial charge in [-0.15, -0.1) is 0 Å². The molecule has 2 aromatic rings. The van der Waals surface area contributed by atoms with Crippen LogP contribution in [0.3, 0.4) is 0 Å². The summed E-state index contributed by atoms with van der Waals surface area (Å²) in [6, 6.07) is 6.22. The fourth-order valence-corrected chi connectivity index (χ4v) is 3.56. The molecule has 0 aliphatic carbocycles. The van der Waals surface area contributed by atoms with E-state index >= 15 is 0 Å². The SMILES string of the molecule is Cc1nc(Cl)cc(N2CCC(c3ccc(F)cc3)C(NC(=O)C(F)(F)F)C2)n1. The highest BCUT2D eigenvalue weighted by Crippen LogP contribution is 2.32. The molecule has 0 bridgehead atoms. The van der Waals surface area contributed by atoms with Crippen LogP contribution >= 0.6 is 11.6 Å². The maximum absolute atomic E-state index is 13.2. The van der Waals surface area contributed by atoms with Gasteiger partial charge in [-0.25, -0.2) is 14.4 Å². The molecule has 0 spiro atoms. The van der Waals surface area contributed by atoms with E-state index in [1.165, 1.54) is 30.3 Å². The highest BCUT2D eigenvalue weighted by atomic mass is 35.5. The molecule has 28 heavy (non-hydrogen) atoms. The quantitative estimate of drug-likeness (QED) is 0.613. The Morgan fingerprint density at radius 2 is 1.93 bits per heavy atom. The third-order valence-electron chi connectivity index (χ3n) is 4.60. The van der Waals surface area contributed by atoms with Crippen molar-refractivity contribution in [2.75, 3.05) is 18.0 Å². The Kier molecular flexibility index (Phi) is 5.74. The largest absolute Gasteiger partial charge is 0.471 e. The first-order valence-corrected chi connectivity index (χ1v) is 8.90. The molecule has 1 saturated heterocycles. The van der Waals surface area contributed by atoms with E-state index < -0.39 is 29.9 Å². The Balaban J connectivity index is 1.87. The Bertz CT molecular complexity index is 839. The van der Waals surface area contributed by atoms with Gasteiger partial charge in [-0.05, 0) is 31.0 Å². The summed E-state index contributed by atoms with van der Waals surface area (Å²) in [5, 5.41) is 2.30. The smallest absolute Gasteiger partial charge is 0.354 e. The number of halogens is 5. The number of aryl methyl sites for hydroxylation is 1. The van der Waals surface area contributed by atoms with Gasteiger partial charge in [0, 0.05) is 25.1 Å². The van der Waals surface area contributed by atoms with Gasteiger partial charge in [-0.1, -0.05) is 23.7 Å². The van der Waals surface area contributed by atoms with Gasteiger partial charge in [0.25, 0.3) is 0 Å². The number of amides is 1. The van der Waals surface area contributed by atoms with Crippen LogP contribution in [0.5, 0.6) is 0 Å². The molecule has 1 aliphatic rings. The van der Waals surface area contributed by atoms with Crippen LogP contribution in [-0.2, 0) is 4.79 Å². The lowest BCUT2D eigenvalue weighted by Gasteiger charge is -2.40. The van der Waals surface area contributed by atoms with Crippen molar-refractivity contribution in [2.24, 2.45) is 0 Å². The normalized spacial score (nSPS) is 20.1. The number of anilines is 1. The fraction of sp³-hybridized carbons (Fsp3) is 0.389. The van der Waals surface area contributed by atoms with Crippen LogP contribution in [0, 0.1) is 12.7 Å². The van der Waals surface area contributed by atoms with Gasteiger partial charge in [0.2, 0.25) is 0 Å². The van der Waals surface area contributed by atoms with E-state index in [-0.39, 0.29) is 11.7 Å². The molecular formula is C18H17ClF4N4O. The van der Waals surface area contributed by atoms with Crippen molar-refractivity contribution >= 4 is 23.3 Å². The fourth-order valence-electron chi connectivity index (χ4n) is 3.34. The van der Waals surface area contributed by atoms with E-state index in [0.29, 0.717) is 30.2 Å². The second kappa shape index (κ2) is 7.90. The average molecular weight is 417 g/mol. The molecule has 0 radical (unpaired) electrons. The third kappa shape index (κ3) is 4.70. The Hall–Kier alpha value is -2.42. The van der Waals surface area contributed by atoms with Crippen LogP contribution in [0.15, 0.2) is 30.3 Å². The monoisotopic (exact) mass is 416 g/mol. The number of rotatable bonds is 3. The number of aromatic nitrogens is 2. The molecule has 0 saturated carbocycles. The third-order valence-corrected chi connectivity index (χ3v) is 4.80. The average Bonchev–Trinajstić information content (AvgIpc) is 2.61. The van der Waals surface area contributed by atoms with Crippen LogP contribution < -0.4 is 10.2 Å². The van der Waals surface area contributed by atoms with E-state index in [1.54, 1.807) is 11.8 Å². The minimum absolute atomic E-state index is 0.0939. The summed E-state index contributed by atoms with van der Waals surface area (Å²) >= 11 is 5.96. The molecule has 1 aliphatic heterocycles. The van der Waals surface area contributed by atoms with Gasteiger partial charge in [0.15, 0.2) is 0 Å². The van der Waals surface area contributed by atoms with Gasteiger partial charge in [-0.2, -0.15) is 13.2 Å². The number of nitrogens with zero attached hydrogens (tertiary/aromatic N) is 3. The van der Waals surface area contributed by atoms with Gasteiger partial charge in [-0.3, -0.25) is 4.79 Å². The van der Waals surface area contributed by atoms with E-state index in [0.717, 1.165) is 0 Å². The molecular weight excluding hydrogens is 400 g/mol. The highest BCUT2D eigenvalue weighted by molar-refractivity contribution is 6.29. The molecule has 1 fully saturated rings. The summed E-state index contributed by atoms with van der Waals surface area (Å²) in [7, 11) is 0. The highest BCUT2D eigenvalue weighted by Gasteiger charge is 2.42. The first kappa shape index (κ1) is 20.3. The van der Waals surface area contributed by atoms with Crippen molar-refractivity contribution in [3.8, 4) is 0 Å². The summed E-state index contributed by atoms with van der Waals surface area (Å²) in [5.41, 5.74) is 0.658. The molecule has 150 valence electrons. The number of piperidine rings is 1. The molecule has 1 N–H and O–H groups in total. The predicted molar refractivity (Wildman–Crippen MR) is 95.7 cm³/mol. The maximum atomic E-state index is 13.2. The van der Waals surface area contributed by atoms with E-state index in [9.17, 15) is 22.4 Å². The zero-order chi connectivity index (χ0) is 20.5. The second-order valence-electron chi connectivity index (χ2n) is 6.57. The van der Waals surface area contributed by atoms with Crippen LogP contribution in [0.1, 0.15) is 23.7 Å². The number of carbonyl (C=O) groups is 1. The number of carbonyl (C=O) groups excluding carboxylic acids is 1.